The van der Waals surface area contributed by atoms with E-state index in [1.54, 1.807) is 0 Å². The Hall–Kier alpha value is -0.740. The zero-order valence-electron chi connectivity index (χ0n) is 7.16. The summed E-state index contributed by atoms with van der Waals surface area (Å²) in [4.78, 5) is 0. The van der Waals surface area contributed by atoms with Crippen molar-refractivity contribution in [3.05, 3.63) is 23.2 Å². The normalized spacial score (nSPS) is 12.8. The number of hydrogen-bond donors (Lipinski definition) is 1. The van der Waals surface area contributed by atoms with Gasteiger partial charge in [-0.3, -0.25) is 0 Å². The van der Waals surface area contributed by atoms with Gasteiger partial charge in [0, 0.05) is 5.38 Å². The van der Waals surface area contributed by atoms with Gasteiger partial charge in [-0.15, -0.1) is 5.10 Å². The van der Waals surface area contributed by atoms with E-state index in [0.29, 0.717) is 0 Å². The number of rotatable bonds is 4. The standard InChI is InChI=1S/C8H13N3S/c1-3-6(2)4-7(9)8-5-12-11-10-8/h5,7H,2-4,9H2,1H3. The quantitative estimate of drug-likeness (QED) is 0.725. The van der Waals surface area contributed by atoms with Crippen LogP contribution in [0.1, 0.15) is 31.5 Å². The molecule has 3 nitrogen and oxygen atoms in total. The topological polar surface area (TPSA) is 51.8 Å². The Balaban J connectivity index is 2.49. The van der Waals surface area contributed by atoms with Crippen molar-refractivity contribution in [2.24, 2.45) is 5.73 Å². The Bertz CT molecular complexity index is 243. The van der Waals surface area contributed by atoms with Gasteiger partial charge in [-0.1, -0.05) is 23.6 Å². The van der Waals surface area contributed by atoms with E-state index < -0.39 is 0 Å². The second-order valence-electron chi connectivity index (χ2n) is 2.74. The summed E-state index contributed by atoms with van der Waals surface area (Å²) in [5, 5.41) is 5.79. The molecule has 0 bridgehead atoms. The van der Waals surface area contributed by atoms with Gasteiger partial charge in [0.25, 0.3) is 0 Å². The molecule has 0 fully saturated rings. The van der Waals surface area contributed by atoms with Crippen molar-refractivity contribution >= 4 is 11.5 Å². The van der Waals surface area contributed by atoms with Gasteiger partial charge in [-0.25, -0.2) is 0 Å². The van der Waals surface area contributed by atoms with Crippen LogP contribution < -0.4 is 5.73 Å². The van der Waals surface area contributed by atoms with Crippen LogP contribution in [0, 0.1) is 0 Å². The lowest BCUT2D eigenvalue weighted by molar-refractivity contribution is 0.676. The van der Waals surface area contributed by atoms with Gasteiger partial charge in [0.05, 0.1) is 11.7 Å². The van der Waals surface area contributed by atoms with Crippen molar-refractivity contribution in [1.82, 2.24) is 9.59 Å². The van der Waals surface area contributed by atoms with Crippen LogP contribution in [0.4, 0.5) is 0 Å². The summed E-state index contributed by atoms with van der Waals surface area (Å²) in [5.41, 5.74) is 7.89. The first kappa shape index (κ1) is 9.35. The molecule has 0 saturated heterocycles. The molecule has 1 aromatic heterocycles. The summed E-state index contributed by atoms with van der Waals surface area (Å²) in [6, 6.07) is -0.0313. The third-order valence-corrected chi connectivity index (χ3v) is 2.29. The highest BCUT2D eigenvalue weighted by Gasteiger charge is 2.09. The molecule has 1 rings (SSSR count). The van der Waals surface area contributed by atoms with Gasteiger partial charge >= 0.3 is 0 Å². The third-order valence-electron chi connectivity index (χ3n) is 1.77. The maximum atomic E-state index is 5.86. The molecule has 12 heavy (non-hydrogen) atoms. The highest BCUT2D eigenvalue weighted by Crippen LogP contribution is 2.17. The molecule has 1 atom stereocenters. The molecule has 0 saturated carbocycles. The van der Waals surface area contributed by atoms with Crippen LogP contribution in [0.15, 0.2) is 17.5 Å². The van der Waals surface area contributed by atoms with Crippen LogP contribution >= 0.6 is 11.5 Å². The van der Waals surface area contributed by atoms with Gasteiger partial charge in [0.15, 0.2) is 0 Å². The molecule has 0 amide bonds. The largest absolute Gasteiger partial charge is 0.322 e. The lowest BCUT2D eigenvalue weighted by Gasteiger charge is -2.08. The fourth-order valence-electron chi connectivity index (χ4n) is 0.893. The predicted molar refractivity (Wildman–Crippen MR) is 50.9 cm³/mol. The SMILES string of the molecule is C=C(CC)CC(N)c1csnn1. The van der Waals surface area contributed by atoms with Crippen molar-refractivity contribution in [2.45, 2.75) is 25.8 Å². The van der Waals surface area contributed by atoms with Crippen molar-refractivity contribution in [2.75, 3.05) is 0 Å². The van der Waals surface area contributed by atoms with Crippen molar-refractivity contribution in [3.8, 4) is 0 Å². The van der Waals surface area contributed by atoms with E-state index in [0.717, 1.165) is 24.1 Å². The molecule has 1 aromatic rings. The first-order chi connectivity index (χ1) is 5.74. The maximum absolute atomic E-state index is 5.86. The molecular formula is C8H13N3S. The minimum Gasteiger partial charge on any atom is -0.322 e. The molecule has 0 radical (unpaired) electrons. The molecule has 0 spiro atoms. The summed E-state index contributed by atoms with van der Waals surface area (Å²) in [5.74, 6) is 0. The molecule has 66 valence electrons. The van der Waals surface area contributed by atoms with E-state index in [9.17, 15) is 0 Å². The monoisotopic (exact) mass is 183 g/mol. The van der Waals surface area contributed by atoms with Crippen molar-refractivity contribution < 1.29 is 0 Å². The van der Waals surface area contributed by atoms with E-state index in [-0.39, 0.29) is 6.04 Å². The van der Waals surface area contributed by atoms with E-state index >= 15 is 0 Å². The smallest absolute Gasteiger partial charge is 0.0925 e. The van der Waals surface area contributed by atoms with Crippen molar-refractivity contribution in [1.29, 1.82) is 0 Å². The molecule has 1 heterocycles. The van der Waals surface area contributed by atoms with Gasteiger partial charge in [-0.2, -0.15) is 0 Å². The minimum atomic E-state index is -0.0313. The van der Waals surface area contributed by atoms with Crippen LogP contribution in [-0.2, 0) is 0 Å². The second-order valence-corrected chi connectivity index (χ2v) is 3.35. The maximum Gasteiger partial charge on any atom is 0.0925 e. The summed E-state index contributed by atoms with van der Waals surface area (Å²) >= 11 is 1.33. The predicted octanol–water partition coefficient (Wildman–Crippen LogP) is 1.89. The number of hydrogen-bond acceptors (Lipinski definition) is 4. The van der Waals surface area contributed by atoms with Gasteiger partial charge < -0.3 is 5.73 Å². The molecule has 4 heteroatoms. The Morgan fingerprint density at radius 1 is 1.83 bits per heavy atom. The summed E-state index contributed by atoms with van der Waals surface area (Å²) < 4.78 is 3.76. The van der Waals surface area contributed by atoms with E-state index in [2.05, 4.69) is 23.1 Å². The Labute approximate surface area is 76.5 Å². The van der Waals surface area contributed by atoms with Crippen LogP contribution in [0.3, 0.4) is 0 Å². The minimum absolute atomic E-state index is 0.0313. The van der Waals surface area contributed by atoms with Crippen LogP contribution in [0.5, 0.6) is 0 Å². The van der Waals surface area contributed by atoms with Crippen LogP contribution in [0.2, 0.25) is 0 Å². The number of nitrogens with two attached hydrogens (primary N) is 1. The van der Waals surface area contributed by atoms with Crippen LogP contribution in [-0.4, -0.2) is 9.59 Å². The highest BCUT2D eigenvalue weighted by atomic mass is 32.1. The van der Waals surface area contributed by atoms with E-state index in [4.69, 9.17) is 5.73 Å². The first-order valence-corrected chi connectivity index (χ1v) is 4.77. The van der Waals surface area contributed by atoms with Crippen LogP contribution in [0.25, 0.3) is 0 Å². The van der Waals surface area contributed by atoms with Gasteiger partial charge in [-0.05, 0) is 24.4 Å². The Morgan fingerprint density at radius 2 is 2.58 bits per heavy atom. The zero-order valence-corrected chi connectivity index (χ0v) is 7.97. The Morgan fingerprint density at radius 3 is 3.08 bits per heavy atom. The average molecular weight is 183 g/mol. The molecule has 0 aliphatic heterocycles. The molecule has 0 aromatic carbocycles. The summed E-state index contributed by atoms with van der Waals surface area (Å²) in [6.45, 7) is 5.98. The fraction of sp³-hybridized carbons (Fsp3) is 0.500. The Kier molecular flexibility index (Phi) is 3.37. The molecular weight excluding hydrogens is 170 g/mol. The van der Waals surface area contributed by atoms with Crippen molar-refractivity contribution in [3.63, 3.8) is 0 Å². The summed E-state index contributed by atoms with van der Waals surface area (Å²) in [6.07, 6.45) is 1.78. The highest BCUT2D eigenvalue weighted by molar-refractivity contribution is 7.03. The lowest BCUT2D eigenvalue weighted by atomic mass is 10.0. The number of aromatic nitrogens is 2. The van der Waals surface area contributed by atoms with Gasteiger partial charge in [0.2, 0.25) is 0 Å². The third kappa shape index (κ3) is 2.39. The number of nitrogens with zero attached hydrogens (tertiary/aromatic N) is 2. The molecule has 1 unspecified atom stereocenters. The first-order valence-electron chi connectivity index (χ1n) is 3.93. The van der Waals surface area contributed by atoms with E-state index in [1.165, 1.54) is 11.5 Å². The second kappa shape index (κ2) is 4.33. The average Bonchev–Trinajstić information content (AvgIpc) is 2.56. The molecule has 0 aliphatic rings. The van der Waals surface area contributed by atoms with E-state index in [1.807, 2.05) is 5.38 Å². The lowest BCUT2D eigenvalue weighted by Crippen LogP contribution is -2.11. The van der Waals surface area contributed by atoms with Gasteiger partial charge in [0.1, 0.15) is 0 Å². The zero-order chi connectivity index (χ0) is 8.97. The molecule has 0 aliphatic carbocycles. The summed E-state index contributed by atoms with van der Waals surface area (Å²) in [7, 11) is 0. The molecule has 2 N–H and O–H groups in total. The fourth-order valence-corrected chi connectivity index (χ4v) is 1.41.